The maximum Gasteiger partial charge on any atom is 0.0515 e. The molecule has 0 aromatic heterocycles. The fourth-order valence-electron chi connectivity index (χ4n) is 4.08. The van der Waals surface area contributed by atoms with E-state index < -0.39 is 0 Å². The van der Waals surface area contributed by atoms with Crippen molar-refractivity contribution in [2.75, 3.05) is 13.2 Å². The maximum atomic E-state index is 9.48. The van der Waals surface area contributed by atoms with Gasteiger partial charge in [-0.3, -0.25) is 0 Å². The minimum atomic E-state index is -0.159. The molecule has 3 aliphatic rings. The molecule has 3 aliphatic carbocycles. The van der Waals surface area contributed by atoms with Gasteiger partial charge in [-0.2, -0.15) is 0 Å². The second kappa shape index (κ2) is 2.83. The monoisotopic (exact) mass is 194 g/mol. The molecule has 2 heteroatoms. The number of hydrogen-bond donors (Lipinski definition) is 2. The van der Waals surface area contributed by atoms with E-state index in [-0.39, 0.29) is 18.6 Å². The van der Waals surface area contributed by atoms with E-state index in [0.717, 1.165) is 12.3 Å². The maximum absolute atomic E-state index is 9.48. The summed E-state index contributed by atoms with van der Waals surface area (Å²) in [4.78, 5) is 0. The minimum Gasteiger partial charge on any atom is -0.396 e. The van der Waals surface area contributed by atoms with E-state index in [1.807, 2.05) is 0 Å². The third-order valence-electron chi connectivity index (χ3n) is 4.80. The van der Waals surface area contributed by atoms with Crippen LogP contribution in [0, 0.1) is 17.3 Å². The Bertz CT molecular complexity index is 289. The van der Waals surface area contributed by atoms with Crippen molar-refractivity contribution < 1.29 is 10.2 Å². The molecule has 14 heavy (non-hydrogen) atoms. The molecule has 2 atom stereocenters. The van der Waals surface area contributed by atoms with Crippen LogP contribution in [0.2, 0.25) is 0 Å². The normalized spacial score (nSPS) is 38.1. The number of aliphatic hydroxyl groups is 2. The Hall–Kier alpha value is -0.340. The molecule has 0 heterocycles. The lowest BCUT2D eigenvalue weighted by Crippen LogP contribution is -2.38. The first-order valence-corrected chi connectivity index (χ1v) is 5.73. The Morgan fingerprint density at radius 2 is 2.07 bits per heavy atom. The summed E-state index contributed by atoms with van der Waals surface area (Å²) in [6.07, 6.45) is 6.05. The number of allylic oxidation sites excluding steroid dienone is 2. The molecule has 78 valence electrons. The van der Waals surface area contributed by atoms with E-state index in [1.54, 1.807) is 11.1 Å². The van der Waals surface area contributed by atoms with Crippen LogP contribution in [0.25, 0.3) is 0 Å². The van der Waals surface area contributed by atoms with Gasteiger partial charge in [0.2, 0.25) is 0 Å². The van der Waals surface area contributed by atoms with Gasteiger partial charge < -0.3 is 10.2 Å². The van der Waals surface area contributed by atoms with Crippen LogP contribution in [0.15, 0.2) is 11.1 Å². The predicted molar refractivity (Wildman–Crippen MR) is 53.7 cm³/mol. The summed E-state index contributed by atoms with van der Waals surface area (Å²) in [7, 11) is 0. The Balaban J connectivity index is 1.98. The number of hydrogen-bond acceptors (Lipinski definition) is 2. The highest BCUT2D eigenvalue weighted by molar-refractivity contribution is 5.35. The van der Waals surface area contributed by atoms with Crippen molar-refractivity contribution in [3.05, 3.63) is 11.1 Å². The fourth-order valence-corrected chi connectivity index (χ4v) is 4.08. The highest BCUT2D eigenvalue weighted by Crippen LogP contribution is 2.62. The van der Waals surface area contributed by atoms with E-state index in [4.69, 9.17) is 0 Å². The zero-order valence-electron chi connectivity index (χ0n) is 8.50. The van der Waals surface area contributed by atoms with E-state index in [2.05, 4.69) is 0 Å². The molecular weight excluding hydrogens is 176 g/mol. The molecule has 2 unspecified atom stereocenters. The summed E-state index contributed by atoms with van der Waals surface area (Å²) in [6, 6.07) is 0. The Morgan fingerprint density at radius 3 is 2.79 bits per heavy atom. The predicted octanol–water partition coefficient (Wildman–Crippen LogP) is 1.48. The largest absolute Gasteiger partial charge is 0.396 e. The lowest BCUT2D eigenvalue weighted by Gasteiger charge is -2.37. The molecule has 2 nitrogen and oxygen atoms in total. The molecule has 0 spiro atoms. The van der Waals surface area contributed by atoms with Gasteiger partial charge in [-0.25, -0.2) is 0 Å². The molecule has 2 saturated carbocycles. The van der Waals surface area contributed by atoms with Crippen LogP contribution in [-0.4, -0.2) is 23.4 Å². The molecule has 0 aliphatic heterocycles. The Morgan fingerprint density at radius 1 is 1.29 bits per heavy atom. The average Bonchev–Trinajstić information content (AvgIpc) is 2.88. The van der Waals surface area contributed by atoms with Gasteiger partial charge in [-0.1, -0.05) is 11.1 Å². The Labute approximate surface area is 84.6 Å². The van der Waals surface area contributed by atoms with Crippen molar-refractivity contribution in [2.24, 2.45) is 17.3 Å². The number of rotatable bonds is 2. The first-order chi connectivity index (χ1) is 6.80. The van der Waals surface area contributed by atoms with Crippen LogP contribution in [0.1, 0.15) is 32.1 Å². The van der Waals surface area contributed by atoms with Crippen LogP contribution in [-0.2, 0) is 0 Å². The van der Waals surface area contributed by atoms with Crippen LogP contribution in [0.3, 0.4) is 0 Å². The first-order valence-electron chi connectivity index (χ1n) is 5.73. The second-order valence-corrected chi connectivity index (χ2v) is 5.29. The lowest BCUT2D eigenvalue weighted by atomic mass is 9.69. The standard InChI is InChI=1S/C12H18O2/c13-6-12(7-14)5-8-4-11(12)10-3-1-2-9(8)10/h10-11,13-14H,1-7H2. The fraction of sp³-hybridized carbons (Fsp3) is 0.833. The summed E-state index contributed by atoms with van der Waals surface area (Å²) in [5, 5.41) is 19.0. The van der Waals surface area contributed by atoms with E-state index in [0.29, 0.717) is 5.92 Å². The molecule has 0 amide bonds. The van der Waals surface area contributed by atoms with Gasteiger partial charge in [0, 0.05) is 5.41 Å². The van der Waals surface area contributed by atoms with E-state index in [1.165, 1.54) is 25.7 Å². The molecular formula is C12H18O2. The van der Waals surface area contributed by atoms with Crippen molar-refractivity contribution in [1.82, 2.24) is 0 Å². The number of fused-ring (bicyclic) bond motifs is 4. The summed E-state index contributed by atoms with van der Waals surface area (Å²) in [6.45, 7) is 0.336. The highest BCUT2D eigenvalue weighted by atomic mass is 16.3. The topological polar surface area (TPSA) is 40.5 Å². The van der Waals surface area contributed by atoms with Crippen molar-refractivity contribution in [2.45, 2.75) is 32.1 Å². The summed E-state index contributed by atoms with van der Waals surface area (Å²) in [5.74, 6) is 1.28. The molecule has 0 saturated heterocycles. The highest BCUT2D eigenvalue weighted by Gasteiger charge is 2.54. The SMILES string of the molecule is OCC1(CO)CC2=C3CCCC3C1C2. The first kappa shape index (κ1) is 8.93. The number of aliphatic hydroxyl groups excluding tert-OH is 2. The molecule has 2 fully saturated rings. The van der Waals surface area contributed by atoms with Crippen LogP contribution in [0.4, 0.5) is 0 Å². The molecule has 0 aromatic rings. The summed E-state index contributed by atoms with van der Waals surface area (Å²) in [5.41, 5.74) is 3.13. The zero-order chi connectivity index (χ0) is 9.76. The third-order valence-corrected chi connectivity index (χ3v) is 4.80. The average molecular weight is 194 g/mol. The molecule has 2 N–H and O–H groups in total. The van der Waals surface area contributed by atoms with Gasteiger partial charge in [0.15, 0.2) is 0 Å². The Kier molecular flexibility index (Phi) is 1.80. The molecule has 3 rings (SSSR count). The molecule has 0 aromatic carbocycles. The van der Waals surface area contributed by atoms with E-state index in [9.17, 15) is 10.2 Å². The minimum absolute atomic E-state index is 0.159. The second-order valence-electron chi connectivity index (χ2n) is 5.29. The smallest absolute Gasteiger partial charge is 0.0515 e. The van der Waals surface area contributed by atoms with Crippen molar-refractivity contribution >= 4 is 0 Å². The molecule has 2 bridgehead atoms. The van der Waals surface area contributed by atoms with E-state index >= 15 is 0 Å². The summed E-state index contributed by atoms with van der Waals surface area (Å²) >= 11 is 0. The van der Waals surface area contributed by atoms with Crippen molar-refractivity contribution in [3.8, 4) is 0 Å². The van der Waals surface area contributed by atoms with Crippen molar-refractivity contribution in [1.29, 1.82) is 0 Å². The van der Waals surface area contributed by atoms with Crippen LogP contribution >= 0.6 is 0 Å². The van der Waals surface area contributed by atoms with Gasteiger partial charge in [-0.15, -0.1) is 0 Å². The van der Waals surface area contributed by atoms with Crippen molar-refractivity contribution in [3.63, 3.8) is 0 Å². The van der Waals surface area contributed by atoms with Gasteiger partial charge in [0.1, 0.15) is 0 Å². The third kappa shape index (κ3) is 0.887. The quantitative estimate of drug-likeness (QED) is 0.654. The van der Waals surface area contributed by atoms with Gasteiger partial charge in [-0.05, 0) is 43.9 Å². The van der Waals surface area contributed by atoms with Gasteiger partial charge in [0.05, 0.1) is 13.2 Å². The zero-order valence-corrected chi connectivity index (χ0v) is 8.50. The lowest BCUT2D eigenvalue weighted by molar-refractivity contribution is 0.00574. The van der Waals surface area contributed by atoms with Crippen LogP contribution in [0.5, 0.6) is 0 Å². The van der Waals surface area contributed by atoms with Crippen LogP contribution < -0.4 is 0 Å². The molecule has 0 radical (unpaired) electrons. The summed E-state index contributed by atoms with van der Waals surface area (Å²) < 4.78 is 0. The van der Waals surface area contributed by atoms with Gasteiger partial charge in [0.25, 0.3) is 0 Å². The van der Waals surface area contributed by atoms with Gasteiger partial charge >= 0.3 is 0 Å².